The number of rotatable bonds is 5. The third-order valence-electron chi connectivity index (χ3n) is 4.05. The van der Waals surface area contributed by atoms with Crippen LogP contribution in [0.5, 0.6) is 0 Å². The van der Waals surface area contributed by atoms with Crippen molar-refractivity contribution in [3.05, 3.63) is 65.0 Å². The Morgan fingerprint density at radius 3 is 2.39 bits per heavy atom. The molecule has 0 bridgehead atoms. The first-order chi connectivity index (χ1) is 13.1. The van der Waals surface area contributed by atoms with E-state index in [0.29, 0.717) is 11.3 Å². The second-order valence-electron chi connectivity index (χ2n) is 6.57. The molecule has 0 unspecified atom stereocenters. The van der Waals surface area contributed by atoms with Crippen LogP contribution in [0.3, 0.4) is 0 Å². The summed E-state index contributed by atoms with van der Waals surface area (Å²) in [4.78, 5) is 20.2. The number of pyridine rings is 1. The molecule has 28 heavy (non-hydrogen) atoms. The topological polar surface area (TPSA) is 93.9 Å². The van der Waals surface area contributed by atoms with Crippen molar-refractivity contribution in [3.8, 4) is 11.3 Å². The number of anilines is 2. The van der Waals surface area contributed by atoms with E-state index < -0.39 is 15.7 Å². The maximum Gasteiger partial charge on any atom is 0.250 e. The van der Waals surface area contributed by atoms with Crippen LogP contribution < -0.4 is 10.9 Å². The molecule has 0 saturated carbocycles. The lowest BCUT2D eigenvalue weighted by Crippen LogP contribution is -2.20. The Labute approximate surface area is 161 Å². The molecule has 146 valence electrons. The highest BCUT2D eigenvalue weighted by Gasteiger charge is 2.13. The smallest absolute Gasteiger partial charge is 0.250 e. The number of aromatic nitrogens is 3. The van der Waals surface area contributed by atoms with Gasteiger partial charge in [0, 0.05) is 35.8 Å². The van der Waals surface area contributed by atoms with Crippen molar-refractivity contribution < 1.29 is 12.8 Å². The standard InChI is InChI=1S/C19H19FN4O3S/c1-12(2)24-11-13(4-9-17(24)25)18-16(20)10-21-19(23-18)22-14-5-7-15(8-6-14)28(3,26)27/h4-12H,1-3H3,(H,21,22,23). The lowest BCUT2D eigenvalue weighted by molar-refractivity contribution is 0.577. The Bertz CT molecular complexity index is 1170. The van der Waals surface area contributed by atoms with Crippen molar-refractivity contribution in [2.45, 2.75) is 24.8 Å². The van der Waals surface area contributed by atoms with Gasteiger partial charge >= 0.3 is 0 Å². The molecule has 0 saturated heterocycles. The third-order valence-corrected chi connectivity index (χ3v) is 5.18. The molecule has 2 heterocycles. The van der Waals surface area contributed by atoms with Crippen LogP contribution in [0.15, 0.2) is 58.5 Å². The lowest BCUT2D eigenvalue weighted by atomic mass is 10.2. The van der Waals surface area contributed by atoms with Gasteiger partial charge in [-0.15, -0.1) is 0 Å². The number of benzene rings is 1. The predicted molar refractivity (Wildman–Crippen MR) is 105 cm³/mol. The zero-order chi connectivity index (χ0) is 20.5. The third kappa shape index (κ3) is 4.25. The molecule has 0 radical (unpaired) electrons. The van der Waals surface area contributed by atoms with Crippen LogP contribution in [0.1, 0.15) is 19.9 Å². The number of nitrogens with one attached hydrogen (secondary N) is 1. The molecule has 0 atom stereocenters. The van der Waals surface area contributed by atoms with Gasteiger partial charge in [-0.3, -0.25) is 4.79 Å². The molecule has 0 amide bonds. The second kappa shape index (κ2) is 7.51. The van der Waals surface area contributed by atoms with Crippen LogP contribution >= 0.6 is 0 Å². The van der Waals surface area contributed by atoms with Crippen LogP contribution in [-0.2, 0) is 9.84 Å². The summed E-state index contributed by atoms with van der Waals surface area (Å²) in [6.07, 6.45) is 3.73. The highest BCUT2D eigenvalue weighted by atomic mass is 32.2. The summed E-state index contributed by atoms with van der Waals surface area (Å²) in [5, 5.41) is 2.92. The number of hydrogen-bond donors (Lipinski definition) is 1. The average molecular weight is 402 g/mol. The minimum Gasteiger partial charge on any atom is -0.324 e. The van der Waals surface area contributed by atoms with Crippen LogP contribution in [0.4, 0.5) is 16.0 Å². The van der Waals surface area contributed by atoms with Gasteiger partial charge in [0.05, 0.1) is 11.1 Å². The van der Waals surface area contributed by atoms with Gasteiger partial charge in [0.25, 0.3) is 5.56 Å². The zero-order valence-electron chi connectivity index (χ0n) is 15.5. The predicted octanol–water partition coefficient (Wildman–Crippen LogP) is 3.17. The fraction of sp³-hybridized carbons (Fsp3) is 0.211. The summed E-state index contributed by atoms with van der Waals surface area (Å²) in [5.74, 6) is -0.474. The van der Waals surface area contributed by atoms with Crippen LogP contribution in [-0.4, -0.2) is 29.2 Å². The number of hydrogen-bond acceptors (Lipinski definition) is 6. The normalized spacial score (nSPS) is 11.6. The highest BCUT2D eigenvalue weighted by molar-refractivity contribution is 7.90. The van der Waals surface area contributed by atoms with E-state index in [1.54, 1.807) is 18.3 Å². The maximum atomic E-state index is 14.3. The van der Waals surface area contributed by atoms with E-state index in [1.165, 1.54) is 28.8 Å². The Morgan fingerprint density at radius 1 is 1.11 bits per heavy atom. The van der Waals surface area contributed by atoms with E-state index in [2.05, 4.69) is 15.3 Å². The molecule has 0 aliphatic heterocycles. The summed E-state index contributed by atoms with van der Waals surface area (Å²) in [6, 6.07) is 8.86. The number of nitrogens with zero attached hydrogens (tertiary/aromatic N) is 3. The van der Waals surface area contributed by atoms with Crippen molar-refractivity contribution >= 4 is 21.5 Å². The molecule has 1 aromatic carbocycles. The fourth-order valence-electron chi connectivity index (χ4n) is 2.59. The molecular weight excluding hydrogens is 383 g/mol. The number of sulfone groups is 1. The molecular formula is C19H19FN4O3S. The second-order valence-corrected chi connectivity index (χ2v) is 8.58. The zero-order valence-corrected chi connectivity index (χ0v) is 16.4. The molecule has 2 aromatic heterocycles. The Kier molecular flexibility index (Phi) is 5.28. The van der Waals surface area contributed by atoms with Gasteiger partial charge < -0.3 is 9.88 Å². The first-order valence-electron chi connectivity index (χ1n) is 8.47. The fourth-order valence-corrected chi connectivity index (χ4v) is 3.22. The quantitative estimate of drug-likeness (QED) is 0.704. The van der Waals surface area contributed by atoms with Gasteiger partial charge in [0.2, 0.25) is 5.95 Å². The molecule has 3 rings (SSSR count). The van der Waals surface area contributed by atoms with Crippen molar-refractivity contribution in [2.75, 3.05) is 11.6 Å². The summed E-state index contributed by atoms with van der Waals surface area (Å²) >= 11 is 0. The summed E-state index contributed by atoms with van der Waals surface area (Å²) in [7, 11) is -3.29. The van der Waals surface area contributed by atoms with Crippen LogP contribution in [0.2, 0.25) is 0 Å². The van der Waals surface area contributed by atoms with Gasteiger partial charge in [-0.2, -0.15) is 0 Å². The van der Waals surface area contributed by atoms with Crippen molar-refractivity contribution in [1.82, 2.24) is 14.5 Å². The van der Waals surface area contributed by atoms with Gasteiger partial charge in [-0.1, -0.05) is 0 Å². The van der Waals surface area contributed by atoms with Crippen molar-refractivity contribution in [1.29, 1.82) is 0 Å². The largest absolute Gasteiger partial charge is 0.324 e. The van der Waals surface area contributed by atoms with Gasteiger partial charge in [-0.05, 0) is 44.2 Å². The van der Waals surface area contributed by atoms with E-state index in [9.17, 15) is 17.6 Å². The average Bonchev–Trinajstić information content (AvgIpc) is 2.63. The minimum atomic E-state index is -3.29. The van der Waals surface area contributed by atoms with E-state index in [0.717, 1.165) is 12.5 Å². The molecule has 0 spiro atoms. The van der Waals surface area contributed by atoms with Gasteiger partial charge in [0.15, 0.2) is 15.7 Å². The Balaban J connectivity index is 1.94. The summed E-state index contributed by atoms with van der Waals surface area (Å²) < 4.78 is 38.9. The summed E-state index contributed by atoms with van der Waals surface area (Å²) in [6.45, 7) is 3.71. The monoisotopic (exact) mass is 402 g/mol. The van der Waals surface area contributed by atoms with Crippen LogP contribution in [0, 0.1) is 5.82 Å². The SMILES string of the molecule is CC(C)n1cc(-c2nc(Nc3ccc(S(C)(=O)=O)cc3)ncc2F)ccc1=O. The molecule has 7 nitrogen and oxygen atoms in total. The van der Waals surface area contributed by atoms with Gasteiger partial charge in [0.1, 0.15) is 5.69 Å². The molecule has 3 aromatic rings. The van der Waals surface area contributed by atoms with Crippen molar-refractivity contribution in [2.24, 2.45) is 0 Å². The molecule has 1 N–H and O–H groups in total. The molecule has 0 aliphatic carbocycles. The van der Waals surface area contributed by atoms with E-state index >= 15 is 0 Å². The van der Waals surface area contributed by atoms with Crippen molar-refractivity contribution in [3.63, 3.8) is 0 Å². The molecule has 9 heteroatoms. The highest BCUT2D eigenvalue weighted by Crippen LogP contribution is 2.23. The lowest BCUT2D eigenvalue weighted by Gasteiger charge is -2.12. The Hall–Kier alpha value is -3.07. The first-order valence-corrected chi connectivity index (χ1v) is 10.4. The minimum absolute atomic E-state index is 0.0552. The molecule has 0 fully saturated rings. The van der Waals surface area contributed by atoms with Gasteiger partial charge in [-0.25, -0.2) is 22.8 Å². The van der Waals surface area contributed by atoms with E-state index in [4.69, 9.17) is 0 Å². The van der Waals surface area contributed by atoms with Crippen LogP contribution in [0.25, 0.3) is 11.3 Å². The first kappa shape index (κ1) is 19.7. The summed E-state index contributed by atoms with van der Waals surface area (Å²) in [5.41, 5.74) is 0.873. The number of halogens is 1. The Morgan fingerprint density at radius 2 is 1.79 bits per heavy atom. The van der Waals surface area contributed by atoms with E-state index in [1.807, 2.05) is 13.8 Å². The van der Waals surface area contributed by atoms with E-state index in [-0.39, 0.29) is 28.1 Å². The molecule has 0 aliphatic rings. The maximum absolute atomic E-state index is 14.3.